The highest BCUT2D eigenvalue weighted by molar-refractivity contribution is 6.06. The van der Waals surface area contributed by atoms with Crippen molar-refractivity contribution in [2.75, 3.05) is 13.7 Å². The normalized spacial score (nSPS) is 24.6. The topological polar surface area (TPSA) is 106 Å². The number of rotatable bonds is 5. The van der Waals surface area contributed by atoms with Gasteiger partial charge in [-0.25, -0.2) is 14.8 Å². The van der Waals surface area contributed by atoms with E-state index in [4.69, 9.17) is 9.47 Å². The van der Waals surface area contributed by atoms with E-state index in [1.165, 1.54) is 19.6 Å². The quantitative estimate of drug-likeness (QED) is 0.794. The van der Waals surface area contributed by atoms with E-state index in [2.05, 4.69) is 20.3 Å². The lowest BCUT2D eigenvalue weighted by Gasteiger charge is -2.58. The number of hydrogen-bond acceptors (Lipinski definition) is 6. The number of aromatic amines is 1. The Labute approximate surface area is 145 Å². The summed E-state index contributed by atoms with van der Waals surface area (Å²) in [7, 11) is 1.32. The fourth-order valence-corrected chi connectivity index (χ4v) is 3.49. The lowest BCUT2D eigenvalue weighted by molar-refractivity contribution is -0.193. The van der Waals surface area contributed by atoms with Crippen LogP contribution in [0.15, 0.2) is 18.6 Å². The fourth-order valence-electron chi connectivity index (χ4n) is 3.49. The van der Waals surface area contributed by atoms with E-state index in [0.717, 1.165) is 0 Å². The molecule has 1 amide bonds. The zero-order chi connectivity index (χ0) is 18.2. The molecule has 2 unspecified atom stereocenters. The zero-order valence-electron chi connectivity index (χ0n) is 14.8. The summed E-state index contributed by atoms with van der Waals surface area (Å²) in [4.78, 5) is 36.5. The van der Waals surface area contributed by atoms with Crippen LogP contribution in [0.5, 0.6) is 0 Å². The number of ether oxygens (including phenoxy) is 2. The Morgan fingerprint density at radius 1 is 1.40 bits per heavy atom. The lowest BCUT2D eigenvalue weighted by atomic mass is 9.54. The highest BCUT2D eigenvalue weighted by atomic mass is 16.5. The van der Waals surface area contributed by atoms with Crippen molar-refractivity contribution in [3.63, 3.8) is 0 Å². The second kappa shape index (κ2) is 6.11. The number of carbonyl (C=O) groups is 2. The summed E-state index contributed by atoms with van der Waals surface area (Å²) in [6, 6.07) is 1.59. The maximum Gasteiger partial charge on any atom is 0.332 e. The fraction of sp³-hybridized carbons (Fsp3) is 0.529. The molecule has 0 aliphatic heterocycles. The van der Waals surface area contributed by atoms with Crippen LogP contribution in [0.1, 0.15) is 37.6 Å². The minimum Gasteiger partial charge on any atom is -0.467 e. The average Bonchev–Trinajstić information content (AvgIpc) is 3.08. The molecule has 1 fully saturated rings. The Balaban J connectivity index is 1.93. The van der Waals surface area contributed by atoms with Gasteiger partial charge in [-0.2, -0.15) is 0 Å². The van der Waals surface area contributed by atoms with Gasteiger partial charge in [-0.1, -0.05) is 13.8 Å². The number of pyridine rings is 1. The molecule has 2 aromatic rings. The number of carbonyl (C=O) groups excluding carboxylic acids is 2. The van der Waals surface area contributed by atoms with Gasteiger partial charge < -0.3 is 19.8 Å². The molecule has 1 saturated carbocycles. The molecule has 1 aliphatic carbocycles. The van der Waals surface area contributed by atoms with Crippen LogP contribution >= 0.6 is 0 Å². The third kappa shape index (κ3) is 2.48. The molecule has 2 heterocycles. The Morgan fingerprint density at radius 2 is 2.16 bits per heavy atom. The van der Waals surface area contributed by atoms with Crippen molar-refractivity contribution in [2.24, 2.45) is 5.41 Å². The van der Waals surface area contributed by atoms with E-state index in [9.17, 15) is 9.59 Å². The van der Waals surface area contributed by atoms with Gasteiger partial charge in [0.25, 0.3) is 5.91 Å². The highest BCUT2D eigenvalue weighted by Crippen LogP contribution is 2.52. The van der Waals surface area contributed by atoms with Crippen molar-refractivity contribution in [3.05, 3.63) is 24.2 Å². The first-order valence-corrected chi connectivity index (χ1v) is 8.18. The Hall–Kier alpha value is -2.48. The number of H-pyrrole nitrogens is 1. The van der Waals surface area contributed by atoms with E-state index >= 15 is 0 Å². The SMILES string of the molecule is CCOC1CC(NC(=O)c2ccnc3nc[nH]c23)(C(=O)OC)C1(C)C. The van der Waals surface area contributed by atoms with Crippen molar-refractivity contribution >= 4 is 23.0 Å². The molecule has 2 aromatic heterocycles. The van der Waals surface area contributed by atoms with E-state index in [1.54, 1.807) is 6.07 Å². The number of esters is 1. The predicted octanol–water partition coefficient (Wildman–Crippen LogP) is 1.43. The average molecular weight is 346 g/mol. The number of fused-ring (bicyclic) bond motifs is 1. The van der Waals surface area contributed by atoms with Crippen LogP contribution in [-0.2, 0) is 14.3 Å². The van der Waals surface area contributed by atoms with Gasteiger partial charge in [0.05, 0.1) is 30.6 Å². The van der Waals surface area contributed by atoms with Crippen molar-refractivity contribution in [1.82, 2.24) is 20.3 Å². The largest absolute Gasteiger partial charge is 0.467 e. The first kappa shape index (κ1) is 17.3. The molecule has 1 aliphatic rings. The molecule has 0 bridgehead atoms. The van der Waals surface area contributed by atoms with Gasteiger partial charge in [0.1, 0.15) is 5.54 Å². The van der Waals surface area contributed by atoms with Gasteiger partial charge in [-0.3, -0.25) is 4.79 Å². The third-order valence-corrected chi connectivity index (χ3v) is 5.20. The van der Waals surface area contributed by atoms with Gasteiger partial charge >= 0.3 is 5.97 Å². The minimum atomic E-state index is -1.14. The number of imidazole rings is 1. The summed E-state index contributed by atoms with van der Waals surface area (Å²) >= 11 is 0. The third-order valence-electron chi connectivity index (χ3n) is 5.20. The summed E-state index contributed by atoms with van der Waals surface area (Å²) in [6.45, 7) is 6.23. The Kier molecular flexibility index (Phi) is 4.24. The molecule has 8 nitrogen and oxygen atoms in total. The van der Waals surface area contributed by atoms with Crippen LogP contribution < -0.4 is 5.32 Å². The molecule has 134 valence electrons. The van der Waals surface area contributed by atoms with Crippen molar-refractivity contribution < 1.29 is 19.1 Å². The highest BCUT2D eigenvalue weighted by Gasteiger charge is 2.67. The molecule has 0 spiro atoms. The lowest BCUT2D eigenvalue weighted by Crippen LogP contribution is -2.76. The van der Waals surface area contributed by atoms with Crippen molar-refractivity contribution in [1.29, 1.82) is 0 Å². The molecule has 2 atom stereocenters. The van der Waals surface area contributed by atoms with E-state index in [0.29, 0.717) is 29.8 Å². The number of aromatic nitrogens is 3. The number of amides is 1. The van der Waals surface area contributed by atoms with Crippen molar-refractivity contribution in [3.8, 4) is 0 Å². The Bertz CT molecular complexity index is 816. The number of methoxy groups -OCH3 is 1. The molecule has 2 N–H and O–H groups in total. The van der Waals surface area contributed by atoms with Crippen molar-refractivity contribution in [2.45, 2.75) is 38.8 Å². The van der Waals surface area contributed by atoms with Gasteiger partial charge in [-0.05, 0) is 13.0 Å². The Morgan fingerprint density at radius 3 is 2.80 bits per heavy atom. The maximum absolute atomic E-state index is 12.9. The summed E-state index contributed by atoms with van der Waals surface area (Å²) in [5.41, 5.74) is -0.403. The van der Waals surface area contributed by atoms with Crippen LogP contribution in [0, 0.1) is 5.41 Å². The molecule has 0 saturated heterocycles. The molecule has 0 radical (unpaired) electrons. The smallest absolute Gasteiger partial charge is 0.332 e. The van der Waals surface area contributed by atoms with Crippen LogP contribution in [0.3, 0.4) is 0 Å². The van der Waals surface area contributed by atoms with Gasteiger partial charge in [-0.15, -0.1) is 0 Å². The van der Waals surface area contributed by atoms with E-state index < -0.39 is 16.9 Å². The van der Waals surface area contributed by atoms with Gasteiger partial charge in [0.15, 0.2) is 5.65 Å². The summed E-state index contributed by atoms with van der Waals surface area (Å²) in [5.74, 6) is -0.859. The molecular formula is C17H22N4O4. The maximum atomic E-state index is 12.9. The van der Waals surface area contributed by atoms with Crippen LogP contribution in [0.2, 0.25) is 0 Å². The summed E-state index contributed by atoms with van der Waals surface area (Å²) in [6.07, 6.45) is 3.21. The molecular weight excluding hydrogens is 324 g/mol. The minimum absolute atomic E-state index is 0.137. The van der Waals surface area contributed by atoms with Gasteiger partial charge in [0, 0.05) is 24.6 Å². The number of nitrogens with one attached hydrogen (secondary N) is 2. The van der Waals surface area contributed by atoms with Crippen LogP contribution in [-0.4, -0.2) is 52.2 Å². The molecule has 0 aromatic carbocycles. The summed E-state index contributed by atoms with van der Waals surface area (Å²) in [5, 5.41) is 2.89. The van der Waals surface area contributed by atoms with E-state index in [1.807, 2.05) is 20.8 Å². The first-order valence-electron chi connectivity index (χ1n) is 8.18. The summed E-state index contributed by atoms with van der Waals surface area (Å²) < 4.78 is 10.7. The predicted molar refractivity (Wildman–Crippen MR) is 89.9 cm³/mol. The standard InChI is InChI=1S/C17H22N4O4/c1-5-25-11-8-17(15(23)24-4,16(11,2)3)21-14(22)10-6-7-18-13-12(10)19-9-20-13/h6-7,9,11H,5,8H2,1-4H3,(H,21,22)(H,18,19,20). The van der Waals surface area contributed by atoms with Gasteiger partial charge in [0.2, 0.25) is 0 Å². The molecule has 8 heteroatoms. The van der Waals surface area contributed by atoms with E-state index in [-0.39, 0.29) is 12.0 Å². The van der Waals surface area contributed by atoms with Crippen LogP contribution in [0.25, 0.3) is 11.2 Å². The first-order chi connectivity index (χ1) is 11.9. The monoisotopic (exact) mass is 346 g/mol. The zero-order valence-corrected chi connectivity index (χ0v) is 14.8. The number of hydrogen-bond donors (Lipinski definition) is 2. The van der Waals surface area contributed by atoms with Crippen LogP contribution in [0.4, 0.5) is 0 Å². The second-order valence-electron chi connectivity index (χ2n) is 6.68. The number of nitrogens with zero attached hydrogens (tertiary/aromatic N) is 2. The second-order valence-corrected chi connectivity index (χ2v) is 6.68. The molecule has 25 heavy (non-hydrogen) atoms. The molecule has 3 rings (SSSR count).